The van der Waals surface area contributed by atoms with Crippen molar-refractivity contribution in [1.82, 2.24) is 15.5 Å². The maximum Gasteiger partial charge on any atom is 0.223 e. The third-order valence-corrected chi connectivity index (χ3v) is 6.70. The highest BCUT2D eigenvalue weighted by Gasteiger charge is 2.28. The Labute approximate surface area is 161 Å². The average Bonchev–Trinajstić information content (AvgIpc) is 3.21. The van der Waals surface area contributed by atoms with Crippen molar-refractivity contribution in [1.29, 1.82) is 0 Å². The molecule has 7 nitrogen and oxygen atoms in total. The van der Waals surface area contributed by atoms with Crippen LogP contribution in [-0.2, 0) is 27.7 Å². The first kappa shape index (κ1) is 19.7. The number of carbonyl (C=O) groups is 1. The van der Waals surface area contributed by atoms with Gasteiger partial charge >= 0.3 is 0 Å². The smallest absolute Gasteiger partial charge is 0.223 e. The van der Waals surface area contributed by atoms with Crippen molar-refractivity contribution in [2.75, 3.05) is 24.6 Å². The average molecular weight is 393 g/mol. The summed E-state index contributed by atoms with van der Waals surface area (Å²) in [5, 5.41) is 6.33. The molecule has 1 unspecified atom stereocenters. The van der Waals surface area contributed by atoms with Crippen LogP contribution in [0.2, 0.25) is 0 Å². The maximum atomic E-state index is 12.4. The number of hydrogen-bond acceptors (Lipinski definition) is 4. The number of rotatable bonds is 6. The van der Waals surface area contributed by atoms with Crippen LogP contribution in [0.5, 0.6) is 0 Å². The zero-order valence-electron chi connectivity index (χ0n) is 15.8. The molecular weight excluding hydrogens is 364 g/mol. The van der Waals surface area contributed by atoms with E-state index in [2.05, 4.69) is 27.8 Å². The largest absolute Gasteiger partial charge is 0.357 e. The van der Waals surface area contributed by atoms with Gasteiger partial charge in [-0.15, -0.1) is 0 Å². The number of nitrogens with one attached hydrogen (secondary N) is 2. The van der Waals surface area contributed by atoms with E-state index < -0.39 is 9.84 Å². The summed E-state index contributed by atoms with van der Waals surface area (Å²) in [4.78, 5) is 18.8. The molecule has 1 amide bonds. The molecule has 0 saturated carbocycles. The molecule has 1 aromatic rings. The van der Waals surface area contributed by atoms with Gasteiger partial charge in [-0.1, -0.05) is 24.3 Å². The van der Waals surface area contributed by atoms with Crippen LogP contribution in [0.3, 0.4) is 0 Å². The lowest BCUT2D eigenvalue weighted by Crippen LogP contribution is -2.44. The molecule has 8 heteroatoms. The summed E-state index contributed by atoms with van der Waals surface area (Å²) >= 11 is 0. The molecule has 1 atom stereocenters. The van der Waals surface area contributed by atoms with Crippen LogP contribution in [0.25, 0.3) is 0 Å². The zero-order valence-corrected chi connectivity index (χ0v) is 16.6. The Morgan fingerprint density at radius 2 is 1.96 bits per heavy atom. The van der Waals surface area contributed by atoms with E-state index in [9.17, 15) is 13.2 Å². The summed E-state index contributed by atoms with van der Waals surface area (Å²) in [6.07, 6.45) is 1.75. The molecule has 1 aromatic carbocycles. The molecule has 0 aliphatic carbocycles. The molecule has 0 bridgehead atoms. The Hall–Kier alpha value is -2.09. The number of nitrogens with zero attached hydrogens (tertiary/aromatic N) is 2. The molecule has 2 aliphatic heterocycles. The van der Waals surface area contributed by atoms with Gasteiger partial charge < -0.3 is 15.5 Å². The third kappa shape index (κ3) is 5.45. The molecule has 2 N–H and O–H groups in total. The van der Waals surface area contributed by atoms with Crippen molar-refractivity contribution in [3.05, 3.63) is 35.4 Å². The van der Waals surface area contributed by atoms with E-state index in [1.807, 2.05) is 24.0 Å². The number of fused-ring (bicyclic) bond motifs is 1. The van der Waals surface area contributed by atoms with Crippen molar-refractivity contribution >= 4 is 21.7 Å². The van der Waals surface area contributed by atoms with Gasteiger partial charge in [0, 0.05) is 38.6 Å². The molecule has 148 valence electrons. The van der Waals surface area contributed by atoms with Gasteiger partial charge in [0.15, 0.2) is 15.8 Å². The molecule has 0 aromatic heterocycles. The molecule has 27 heavy (non-hydrogen) atoms. The van der Waals surface area contributed by atoms with Gasteiger partial charge in [-0.25, -0.2) is 8.42 Å². The van der Waals surface area contributed by atoms with E-state index in [1.165, 1.54) is 11.1 Å². The lowest BCUT2D eigenvalue weighted by molar-refractivity contribution is -0.131. The van der Waals surface area contributed by atoms with E-state index in [4.69, 9.17) is 0 Å². The standard InChI is InChI=1S/C19H28N4O3S/c1-2-20-19(22-17-9-11-27(25,26)14-17)21-10-5-8-18(24)23-12-15-6-3-4-7-16(15)13-23/h3-4,6-7,17H,2,5,8-14H2,1H3,(H2,20,21,22). The van der Waals surface area contributed by atoms with Crippen LogP contribution in [0, 0.1) is 0 Å². The summed E-state index contributed by atoms with van der Waals surface area (Å²) in [5.41, 5.74) is 2.46. The predicted molar refractivity (Wildman–Crippen MR) is 106 cm³/mol. The molecule has 3 rings (SSSR count). The Kier molecular flexibility index (Phi) is 6.36. The van der Waals surface area contributed by atoms with E-state index in [0.29, 0.717) is 51.4 Å². The summed E-state index contributed by atoms with van der Waals surface area (Å²) in [6, 6.07) is 8.07. The summed E-state index contributed by atoms with van der Waals surface area (Å²) in [5.74, 6) is 1.17. The van der Waals surface area contributed by atoms with Gasteiger partial charge in [0.05, 0.1) is 11.5 Å². The van der Waals surface area contributed by atoms with Crippen molar-refractivity contribution in [3.63, 3.8) is 0 Å². The highest BCUT2D eigenvalue weighted by molar-refractivity contribution is 7.91. The van der Waals surface area contributed by atoms with Crippen LogP contribution in [0.1, 0.15) is 37.3 Å². The molecule has 2 heterocycles. The summed E-state index contributed by atoms with van der Waals surface area (Å²) in [6.45, 7) is 4.59. The first-order chi connectivity index (χ1) is 13.0. The summed E-state index contributed by atoms with van der Waals surface area (Å²) in [7, 11) is -2.92. The fourth-order valence-corrected chi connectivity index (χ4v) is 5.18. The van der Waals surface area contributed by atoms with Crippen LogP contribution >= 0.6 is 0 Å². The Bertz CT molecular complexity index is 782. The predicted octanol–water partition coefficient (Wildman–Crippen LogP) is 1.05. The summed E-state index contributed by atoms with van der Waals surface area (Å²) < 4.78 is 23.2. The number of benzene rings is 1. The number of amides is 1. The SMILES string of the molecule is CCNC(=NCCCC(=O)N1Cc2ccccc2C1)NC1CCS(=O)(=O)C1. The number of carbonyl (C=O) groups excluding carboxylic acids is 1. The lowest BCUT2D eigenvalue weighted by Gasteiger charge is -2.16. The quantitative estimate of drug-likeness (QED) is 0.429. The molecule has 0 radical (unpaired) electrons. The topological polar surface area (TPSA) is 90.9 Å². The lowest BCUT2D eigenvalue weighted by atomic mass is 10.1. The monoisotopic (exact) mass is 392 g/mol. The van der Waals surface area contributed by atoms with E-state index in [0.717, 1.165) is 0 Å². The van der Waals surface area contributed by atoms with Crippen molar-refractivity contribution < 1.29 is 13.2 Å². The van der Waals surface area contributed by atoms with Gasteiger partial charge in [-0.2, -0.15) is 0 Å². The zero-order chi connectivity index (χ0) is 19.3. The molecule has 0 spiro atoms. The molecule has 2 aliphatic rings. The minimum atomic E-state index is -2.92. The Morgan fingerprint density at radius 1 is 1.26 bits per heavy atom. The molecular formula is C19H28N4O3S. The Morgan fingerprint density at radius 3 is 2.56 bits per heavy atom. The normalized spacial score (nSPS) is 21.1. The number of hydrogen-bond donors (Lipinski definition) is 2. The van der Waals surface area contributed by atoms with Crippen LogP contribution in [-0.4, -0.2) is 55.8 Å². The number of guanidine groups is 1. The van der Waals surface area contributed by atoms with Crippen molar-refractivity contribution in [2.24, 2.45) is 4.99 Å². The second-order valence-corrected chi connectivity index (χ2v) is 9.36. The fraction of sp³-hybridized carbons (Fsp3) is 0.579. The third-order valence-electron chi connectivity index (χ3n) is 4.93. The second-order valence-electron chi connectivity index (χ2n) is 7.13. The second kappa shape index (κ2) is 8.73. The Balaban J connectivity index is 1.43. The highest BCUT2D eigenvalue weighted by atomic mass is 32.2. The minimum absolute atomic E-state index is 0.0856. The van der Waals surface area contributed by atoms with Gasteiger partial charge in [-0.05, 0) is 30.9 Å². The van der Waals surface area contributed by atoms with Gasteiger partial charge in [0.2, 0.25) is 5.91 Å². The van der Waals surface area contributed by atoms with Crippen LogP contribution < -0.4 is 10.6 Å². The van der Waals surface area contributed by atoms with Gasteiger partial charge in [0.25, 0.3) is 0 Å². The van der Waals surface area contributed by atoms with E-state index in [1.54, 1.807) is 0 Å². The highest BCUT2D eigenvalue weighted by Crippen LogP contribution is 2.22. The minimum Gasteiger partial charge on any atom is -0.357 e. The fourth-order valence-electron chi connectivity index (χ4n) is 3.51. The number of sulfone groups is 1. The number of aliphatic imine (C=N–C) groups is 1. The van der Waals surface area contributed by atoms with Crippen molar-refractivity contribution in [2.45, 2.75) is 45.3 Å². The molecule has 1 fully saturated rings. The van der Waals surface area contributed by atoms with Crippen molar-refractivity contribution in [3.8, 4) is 0 Å². The molecule has 1 saturated heterocycles. The van der Waals surface area contributed by atoms with Crippen LogP contribution in [0.15, 0.2) is 29.3 Å². The van der Waals surface area contributed by atoms with Crippen LogP contribution in [0.4, 0.5) is 0 Å². The maximum absolute atomic E-state index is 12.4. The van der Waals surface area contributed by atoms with E-state index >= 15 is 0 Å². The van der Waals surface area contributed by atoms with Gasteiger partial charge in [-0.3, -0.25) is 9.79 Å². The first-order valence-corrected chi connectivity index (χ1v) is 11.4. The first-order valence-electron chi connectivity index (χ1n) is 9.56. The van der Waals surface area contributed by atoms with E-state index in [-0.39, 0.29) is 23.5 Å². The van der Waals surface area contributed by atoms with Gasteiger partial charge in [0.1, 0.15) is 0 Å².